The van der Waals surface area contributed by atoms with E-state index in [0.29, 0.717) is 11.1 Å². The molecule has 0 fully saturated rings. The van der Waals surface area contributed by atoms with E-state index < -0.39 is 20.4 Å². The third kappa shape index (κ3) is 2.62. The predicted octanol–water partition coefficient (Wildman–Crippen LogP) is 4.09. The Labute approximate surface area is 180 Å². The Balaban J connectivity index is 1.41. The van der Waals surface area contributed by atoms with E-state index >= 15 is 0 Å². The van der Waals surface area contributed by atoms with Crippen LogP contribution >= 0.6 is 0 Å². The van der Waals surface area contributed by atoms with Crippen LogP contribution in [-0.4, -0.2) is 46.8 Å². The summed E-state index contributed by atoms with van der Waals surface area (Å²) in [4.78, 5) is 26.0. The molecular formula is C24H13N3O2Te. The number of Topliss-reactive ketones (excluding diaryl/α,β-unsaturated/α-hetero) is 2. The molecule has 142 valence electrons. The molecular weight excluding hydrogens is 490 g/mol. The van der Waals surface area contributed by atoms with Crippen LogP contribution in [0, 0.1) is 0 Å². The molecule has 0 N–H and O–H groups in total. The number of nitrogens with zero attached hydrogens (tertiary/aromatic N) is 3. The van der Waals surface area contributed by atoms with E-state index in [4.69, 9.17) is 0 Å². The van der Waals surface area contributed by atoms with Crippen LogP contribution in [0.1, 0.15) is 24.3 Å². The van der Waals surface area contributed by atoms with Crippen LogP contribution in [0.3, 0.4) is 0 Å². The van der Waals surface area contributed by atoms with Gasteiger partial charge in [-0.25, -0.2) is 0 Å². The van der Waals surface area contributed by atoms with Crippen molar-refractivity contribution in [2.24, 2.45) is 0 Å². The molecule has 0 saturated carbocycles. The number of ketones is 2. The Bertz CT molecular complexity index is 1480. The first-order valence-electron chi connectivity index (χ1n) is 9.42. The summed E-state index contributed by atoms with van der Waals surface area (Å²) < 4.78 is 4.26. The number of hydrogen-bond donors (Lipinski definition) is 0. The number of fused-ring (bicyclic) bond motifs is 3. The van der Waals surface area contributed by atoms with Crippen LogP contribution < -0.4 is 0 Å². The maximum atomic E-state index is 13.0. The standard InChI is InChI=1S/C24H13N3O2Te/c28-22-18-11-15-3-1-2-4-16(15)12-19(18)23(29)20(22)13-17-5-6-21(30-17)27-10-8-14-7-9-25-26-24(14)27/h1-13H. The molecule has 3 heterocycles. The van der Waals surface area contributed by atoms with Gasteiger partial charge in [0.15, 0.2) is 0 Å². The summed E-state index contributed by atoms with van der Waals surface area (Å²) in [5.41, 5.74) is 2.10. The Hall–Kier alpha value is -3.33. The second-order valence-electron chi connectivity index (χ2n) is 7.13. The molecule has 0 saturated heterocycles. The fraction of sp³-hybridized carbons (Fsp3) is 0. The van der Waals surface area contributed by atoms with Crippen molar-refractivity contribution in [2.45, 2.75) is 0 Å². The van der Waals surface area contributed by atoms with Gasteiger partial charge in [0.2, 0.25) is 0 Å². The summed E-state index contributed by atoms with van der Waals surface area (Å²) in [6.45, 7) is 0. The first-order valence-corrected chi connectivity index (χ1v) is 11.7. The Morgan fingerprint density at radius 2 is 1.57 bits per heavy atom. The Morgan fingerprint density at radius 3 is 2.30 bits per heavy atom. The molecule has 0 radical (unpaired) electrons. The monoisotopic (exact) mass is 505 g/mol. The van der Waals surface area contributed by atoms with Gasteiger partial charge >= 0.3 is 181 Å². The fourth-order valence-electron chi connectivity index (χ4n) is 3.89. The van der Waals surface area contributed by atoms with Gasteiger partial charge in [-0.15, -0.1) is 0 Å². The topological polar surface area (TPSA) is 64.8 Å². The molecule has 0 aliphatic heterocycles. The average molecular weight is 503 g/mol. The van der Waals surface area contributed by atoms with Gasteiger partial charge in [0.05, 0.1) is 0 Å². The van der Waals surface area contributed by atoms with Gasteiger partial charge in [0, 0.05) is 0 Å². The minimum absolute atomic E-state index is 0.181. The molecule has 0 bridgehead atoms. The molecule has 6 rings (SSSR count). The molecule has 0 spiro atoms. The van der Waals surface area contributed by atoms with E-state index in [1.807, 2.05) is 71.4 Å². The van der Waals surface area contributed by atoms with Crippen molar-refractivity contribution >= 4 is 59.9 Å². The van der Waals surface area contributed by atoms with Crippen molar-refractivity contribution in [3.63, 3.8) is 0 Å². The van der Waals surface area contributed by atoms with E-state index in [2.05, 4.69) is 10.2 Å². The van der Waals surface area contributed by atoms with Crippen molar-refractivity contribution in [2.75, 3.05) is 0 Å². The van der Waals surface area contributed by atoms with Crippen molar-refractivity contribution in [1.82, 2.24) is 14.8 Å². The Kier molecular flexibility index (Phi) is 3.85. The molecule has 5 aromatic rings. The third-order valence-corrected chi connectivity index (χ3v) is 8.31. The van der Waals surface area contributed by atoms with E-state index in [9.17, 15) is 9.59 Å². The van der Waals surface area contributed by atoms with Crippen LogP contribution in [0.4, 0.5) is 0 Å². The number of allylic oxidation sites excluding steroid dienone is 1. The summed E-state index contributed by atoms with van der Waals surface area (Å²) in [5, 5.41) is 11.2. The quantitative estimate of drug-likeness (QED) is 0.207. The van der Waals surface area contributed by atoms with Crippen LogP contribution in [0.15, 0.2) is 78.6 Å². The zero-order valence-electron chi connectivity index (χ0n) is 15.6. The minimum atomic E-state index is -0.757. The molecule has 2 aromatic carbocycles. The van der Waals surface area contributed by atoms with Crippen LogP contribution in [0.2, 0.25) is 0 Å². The van der Waals surface area contributed by atoms with E-state index in [1.165, 1.54) is 0 Å². The average Bonchev–Trinajstić information content (AvgIpc) is 3.47. The fourth-order valence-corrected chi connectivity index (χ4v) is 6.56. The SMILES string of the molecule is O=C1C(=Cc2ccc(-n3ccc4ccnnc43)[te]2)C(=O)c2cc3ccccc3cc21. The first-order chi connectivity index (χ1) is 14.7. The molecule has 0 unspecified atom stereocenters. The molecule has 6 heteroatoms. The van der Waals surface area contributed by atoms with Gasteiger partial charge in [0.25, 0.3) is 0 Å². The Morgan fingerprint density at radius 1 is 0.833 bits per heavy atom. The number of carbonyl (C=O) groups excluding carboxylic acids is 2. The maximum absolute atomic E-state index is 13.0. The molecule has 1 aliphatic rings. The van der Waals surface area contributed by atoms with Gasteiger partial charge in [-0.05, 0) is 0 Å². The molecule has 1 aliphatic carbocycles. The van der Waals surface area contributed by atoms with Gasteiger partial charge in [-0.1, -0.05) is 0 Å². The summed E-state index contributed by atoms with van der Waals surface area (Å²) in [6.07, 6.45) is 5.46. The van der Waals surface area contributed by atoms with Gasteiger partial charge in [-0.2, -0.15) is 0 Å². The number of hydrogen-bond acceptors (Lipinski definition) is 4. The summed E-state index contributed by atoms with van der Waals surface area (Å²) in [7, 11) is 0. The predicted molar refractivity (Wildman–Crippen MR) is 116 cm³/mol. The molecule has 3 aromatic heterocycles. The van der Waals surface area contributed by atoms with Crippen LogP contribution in [0.5, 0.6) is 0 Å². The number of aromatic nitrogens is 3. The summed E-state index contributed by atoms with van der Waals surface area (Å²) in [6, 6.07) is 19.5. The number of carbonyl (C=O) groups is 2. The van der Waals surface area contributed by atoms with E-state index in [-0.39, 0.29) is 17.1 Å². The second-order valence-corrected chi connectivity index (χ2v) is 10.3. The normalized spacial score (nSPS) is 13.4. The van der Waals surface area contributed by atoms with Crippen LogP contribution in [-0.2, 0) is 0 Å². The molecule has 0 atom stereocenters. The van der Waals surface area contributed by atoms with E-state index in [1.54, 1.807) is 12.3 Å². The number of benzene rings is 2. The van der Waals surface area contributed by atoms with Crippen LogP contribution in [0.25, 0.3) is 31.6 Å². The van der Waals surface area contributed by atoms with Crippen molar-refractivity contribution in [3.05, 3.63) is 93.3 Å². The van der Waals surface area contributed by atoms with Gasteiger partial charge < -0.3 is 0 Å². The van der Waals surface area contributed by atoms with Gasteiger partial charge in [-0.3, -0.25) is 0 Å². The van der Waals surface area contributed by atoms with E-state index in [0.717, 1.165) is 29.1 Å². The second kappa shape index (κ2) is 6.60. The summed E-state index contributed by atoms with van der Waals surface area (Å²) in [5.74, 6) is -0.361. The zero-order valence-corrected chi connectivity index (χ0v) is 17.9. The molecule has 5 nitrogen and oxygen atoms in total. The number of rotatable bonds is 2. The van der Waals surface area contributed by atoms with Crippen molar-refractivity contribution < 1.29 is 9.59 Å². The van der Waals surface area contributed by atoms with Gasteiger partial charge in [0.1, 0.15) is 0 Å². The molecule has 0 amide bonds. The molecule has 30 heavy (non-hydrogen) atoms. The zero-order chi connectivity index (χ0) is 20.2. The summed E-state index contributed by atoms with van der Waals surface area (Å²) >= 11 is -0.757. The third-order valence-electron chi connectivity index (χ3n) is 5.36. The van der Waals surface area contributed by atoms with Crippen molar-refractivity contribution in [3.8, 4) is 3.70 Å². The first kappa shape index (κ1) is 17.5. The van der Waals surface area contributed by atoms with Crippen molar-refractivity contribution in [1.29, 1.82) is 0 Å².